The summed E-state index contributed by atoms with van der Waals surface area (Å²) in [7, 11) is 0. The molecule has 2 aliphatic carbocycles. The Morgan fingerprint density at radius 1 is 1.03 bits per heavy atom. The summed E-state index contributed by atoms with van der Waals surface area (Å²) in [5.74, 6) is -0.971. The van der Waals surface area contributed by atoms with Crippen molar-refractivity contribution in [1.29, 1.82) is 0 Å². The van der Waals surface area contributed by atoms with Gasteiger partial charge in [0.05, 0.1) is 11.5 Å². The fourth-order valence-corrected chi connectivity index (χ4v) is 4.89. The number of rotatable bonds is 9. The molecule has 0 aliphatic heterocycles. The number of allylic oxidation sites excluding steroid dienone is 3. The molecule has 0 saturated heterocycles. The number of hydrogen-bond acceptors (Lipinski definition) is 8. The Labute approximate surface area is 209 Å². The second-order valence-electron chi connectivity index (χ2n) is 12.0. The van der Waals surface area contributed by atoms with Crippen LogP contribution in [0.2, 0.25) is 0 Å². The molecule has 0 radical (unpaired) electrons. The minimum Gasteiger partial charge on any atom is -0.508 e. The SMILES string of the molecule is CC(C)(C)OC(=O)CC[C@H](N)C(=O)C1(C[C@H](N)C(=O)OC(C)(C)C)C=CC(O)=C(C2CCCC2)C1. The lowest BCUT2D eigenvalue weighted by Gasteiger charge is -2.38. The normalized spacial score (nSPS) is 23.2. The van der Waals surface area contributed by atoms with Crippen LogP contribution in [0.25, 0.3) is 0 Å². The molecule has 3 atom stereocenters. The number of ether oxygens (including phenoxy) is 2. The van der Waals surface area contributed by atoms with Gasteiger partial charge >= 0.3 is 11.9 Å². The molecule has 8 heteroatoms. The van der Waals surface area contributed by atoms with Gasteiger partial charge in [0, 0.05) is 6.42 Å². The van der Waals surface area contributed by atoms with E-state index in [2.05, 4.69) is 0 Å². The Balaban J connectivity index is 2.26. The first-order valence-electron chi connectivity index (χ1n) is 12.6. The number of carbonyl (C=O) groups excluding carboxylic acids is 3. The van der Waals surface area contributed by atoms with E-state index in [1.807, 2.05) is 0 Å². The van der Waals surface area contributed by atoms with Crippen LogP contribution in [0.1, 0.15) is 92.9 Å². The van der Waals surface area contributed by atoms with Crippen molar-refractivity contribution >= 4 is 17.7 Å². The molecule has 1 saturated carbocycles. The van der Waals surface area contributed by atoms with Gasteiger partial charge in [-0.05, 0) is 91.2 Å². The van der Waals surface area contributed by atoms with E-state index in [4.69, 9.17) is 20.9 Å². The number of hydrogen-bond donors (Lipinski definition) is 3. The quantitative estimate of drug-likeness (QED) is 0.410. The highest BCUT2D eigenvalue weighted by atomic mass is 16.6. The molecule has 1 unspecified atom stereocenters. The van der Waals surface area contributed by atoms with Crippen LogP contribution in [-0.2, 0) is 23.9 Å². The number of aliphatic hydroxyl groups excluding tert-OH is 1. The largest absolute Gasteiger partial charge is 0.508 e. The zero-order valence-electron chi connectivity index (χ0n) is 22.2. The van der Waals surface area contributed by atoms with Crippen molar-refractivity contribution in [3.05, 3.63) is 23.5 Å². The Morgan fingerprint density at radius 2 is 1.60 bits per heavy atom. The van der Waals surface area contributed by atoms with Crippen molar-refractivity contribution in [2.45, 2.75) is 116 Å². The lowest BCUT2D eigenvalue weighted by atomic mass is 9.66. The van der Waals surface area contributed by atoms with Gasteiger partial charge in [0.1, 0.15) is 23.0 Å². The first kappa shape index (κ1) is 29.0. The van der Waals surface area contributed by atoms with Gasteiger partial charge in [-0.25, -0.2) is 0 Å². The summed E-state index contributed by atoms with van der Waals surface area (Å²) >= 11 is 0. The Bertz CT molecular complexity index is 858. The summed E-state index contributed by atoms with van der Waals surface area (Å²) < 4.78 is 10.8. The average molecular weight is 493 g/mol. The van der Waals surface area contributed by atoms with Gasteiger partial charge in [-0.15, -0.1) is 0 Å². The maximum atomic E-state index is 13.8. The van der Waals surface area contributed by atoms with Crippen molar-refractivity contribution in [2.24, 2.45) is 22.8 Å². The molecule has 0 bridgehead atoms. The lowest BCUT2D eigenvalue weighted by Crippen LogP contribution is -2.49. The number of nitrogens with two attached hydrogens (primary N) is 2. The summed E-state index contributed by atoms with van der Waals surface area (Å²) in [6.07, 6.45) is 7.55. The van der Waals surface area contributed by atoms with Crippen molar-refractivity contribution in [2.75, 3.05) is 0 Å². The maximum absolute atomic E-state index is 13.8. The molecule has 8 nitrogen and oxygen atoms in total. The fraction of sp³-hybridized carbons (Fsp3) is 0.741. The summed E-state index contributed by atoms with van der Waals surface area (Å²) in [6.45, 7) is 10.6. The number of aliphatic hydroxyl groups is 1. The van der Waals surface area contributed by atoms with Gasteiger partial charge in [0.2, 0.25) is 0 Å². The van der Waals surface area contributed by atoms with Gasteiger partial charge in [0.25, 0.3) is 0 Å². The summed E-state index contributed by atoms with van der Waals surface area (Å²) in [6, 6.07) is -2.01. The van der Waals surface area contributed by atoms with Crippen molar-refractivity contribution < 1.29 is 29.0 Å². The highest BCUT2D eigenvalue weighted by molar-refractivity contribution is 5.93. The number of Topliss-reactive ketones (excluding diaryl/α,β-unsaturated/α-hetero) is 1. The predicted octanol–water partition coefficient (Wildman–Crippen LogP) is 4.01. The fourth-order valence-electron chi connectivity index (χ4n) is 4.89. The number of ketones is 1. The topological polar surface area (TPSA) is 142 Å². The first-order chi connectivity index (χ1) is 16.0. The molecule has 0 spiro atoms. The Morgan fingerprint density at radius 3 is 2.14 bits per heavy atom. The van der Waals surface area contributed by atoms with Crippen LogP contribution in [0.15, 0.2) is 23.5 Å². The Hall–Kier alpha value is -2.19. The zero-order chi connectivity index (χ0) is 26.6. The molecule has 0 aromatic rings. The summed E-state index contributed by atoms with van der Waals surface area (Å²) in [5, 5.41) is 10.6. The highest BCUT2D eigenvalue weighted by Crippen LogP contribution is 2.45. The van der Waals surface area contributed by atoms with Crippen LogP contribution >= 0.6 is 0 Å². The van der Waals surface area contributed by atoms with Crippen molar-refractivity contribution in [3.8, 4) is 0 Å². The molecule has 2 aliphatic rings. The van der Waals surface area contributed by atoms with Gasteiger partial charge in [-0.3, -0.25) is 14.4 Å². The molecular formula is C27H44N2O6. The molecule has 2 rings (SSSR count). The minimum absolute atomic E-state index is 0.000877. The van der Waals surface area contributed by atoms with E-state index in [1.54, 1.807) is 47.6 Å². The molecule has 5 N–H and O–H groups in total. The zero-order valence-corrected chi connectivity index (χ0v) is 22.2. The molecule has 0 aromatic heterocycles. The van der Waals surface area contributed by atoms with Crippen LogP contribution in [0, 0.1) is 11.3 Å². The average Bonchev–Trinajstić information content (AvgIpc) is 3.25. The van der Waals surface area contributed by atoms with Crippen LogP contribution < -0.4 is 11.5 Å². The van der Waals surface area contributed by atoms with Crippen LogP contribution in [-0.4, -0.2) is 46.1 Å². The molecule has 35 heavy (non-hydrogen) atoms. The van der Waals surface area contributed by atoms with E-state index < -0.39 is 40.6 Å². The first-order valence-corrected chi connectivity index (χ1v) is 12.6. The summed E-state index contributed by atoms with van der Waals surface area (Å²) in [5.41, 5.74) is 10.9. The monoisotopic (exact) mass is 492 g/mol. The standard InChI is InChI=1S/C27H44N2O6/c1-25(2,3)34-22(31)12-11-19(28)23(32)27(16-20(29)24(33)35-26(4,5)6)14-13-21(30)18(15-27)17-9-7-8-10-17/h13-14,17,19-20,30H,7-12,15-16,28-29H2,1-6H3/t19-,20-,27?/m0/s1. The van der Waals surface area contributed by atoms with Crippen LogP contribution in [0.4, 0.5) is 0 Å². The maximum Gasteiger partial charge on any atom is 0.323 e. The third-order valence-electron chi connectivity index (χ3n) is 6.44. The van der Waals surface area contributed by atoms with Gasteiger partial charge in [0.15, 0.2) is 5.78 Å². The Kier molecular flexibility index (Phi) is 9.33. The number of carbonyl (C=O) groups is 3. The van der Waals surface area contributed by atoms with Crippen LogP contribution in [0.5, 0.6) is 0 Å². The van der Waals surface area contributed by atoms with Gasteiger partial charge in [-0.2, -0.15) is 0 Å². The van der Waals surface area contributed by atoms with Crippen LogP contribution in [0.3, 0.4) is 0 Å². The van der Waals surface area contributed by atoms with Crippen molar-refractivity contribution in [1.82, 2.24) is 0 Å². The highest BCUT2D eigenvalue weighted by Gasteiger charge is 2.45. The lowest BCUT2D eigenvalue weighted by molar-refractivity contribution is -0.157. The van der Waals surface area contributed by atoms with E-state index in [9.17, 15) is 19.5 Å². The number of esters is 2. The minimum atomic E-state index is -1.17. The van der Waals surface area contributed by atoms with E-state index in [0.717, 1.165) is 31.3 Å². The third kappa shape index (κ3) is 8.46. The van der Waals surface area contributed by atoms with E-state index in [1.165, 1.54) is 6.08 Å². The molecule has 198 valence electrons. The van der Waals surface area contributed by atoms with E-state index in [0.29, 0.717) is 0 Å². The summed E-state index contributed by atoms with van der Waals surface area (Å²) in [4.78, 5) is 38.7. The molecular weight excluding hydrogens is 448 g/mol. The van der Waals surface area contributed by atoms with Gasteiger partial charge < -0.3 is 26.0 Å². The molecule has 0 amide bonds. The predicted molar refractivity (Wildman–Crippen MR) is 134 cm³/mol. The van der Waals surface area contributed by atoms with E-state index in [-0.39, 0.29) is 43.1 Å². The van der Waals surface area contributed by atoms with Crippen molar-refractivity contribution in [3.63, 3.8) is 0 Å². The second kappa shape index (κ2) is 11.2. The molecule has 1 fully saturated rings. The van der Waals surface area contributed by atoms with E-state index >= 15 is 0 Å². The smallest absolute Gasteiger partial charge is 0.323 e. The third-order valence-corrected chi connectivity index (χ3v) is 6.44. The molecule has 0 heterocycles. The second-order valence-corrected chi connectivity index (χ2v) is 12.0. The van der Waals surface area contributed by atoms with Gasteiger partial charge in [-0.1, -0.05) is 18.9 Å². The molecule has 0 aromatic carbocycles.